The van der Waals surface area contributed by atoms with Gasteiger partial charge in [0, 0.05) is 55.5 Å². The van der Waals surface area contributed by atoms with E-state index in [2.05, 4.69) is 56.2 Å². The molecule has 2 aromatic heterocycles. The van der Waals surface area contributed by atoms with Crippen molar-refractivity contribution in [2.75, 3.05) is 138 Å². The maximum Gasteiger partial charge on any atom is 0.295 e. The predicted molar refractivity (Wildman–Crippen MR) is 245 cm³/mol. The van der Waals surface area contributed by atoms with Gasteiger partial charge < -0.3 is 61.3 Å². The summed E-state index contributed by atoms with van der Waals surface area (Å²) in [6, 6.07) is 9.21. The fraction of sp³-hybridized carbons (Fsp3) is 0.474. The lowest BCUT2D eigenvalue weighted by Gasteiger charge is -2.21. The van der Waals surface area contributed by atoms with Crippen LogP contribution in [0.15, 0.2) is 46.2 Å². The number of nitrogens with zero attached hydrogens (tertiary/aromatic N) is 10. The molecule has 24 nitrogen and oxygen atoms in total. The lowest BCUT2D eigenvalue weighted by Crippen LogP contribution is -2.32. The zero-order valence-corrected chi connectivity index (χ0v) is 37.8. The van der Waals surface area contributed by atoms with Gasteiger partial charge in [0.25, 0.3) is 10.1 Å². The quantitative estimate of drug-likeness (QED) is 0.00888. The van der Waals surface area contributed by atoms with Crippen molar-refractivity contribution in [1.82, 2.24) is 39.7 Å². The Balaban J connectivity index is 1.64. The average molecular weight is 935 g/mol. The van der Waals surface area contributed by atoms with Gasteiger partial charge in [0.15, 0.2) is 0 Å². The third kappa shape index (κ3) is 17.1. The van der Waals surface area contributed by atoms with Crippen molar-refractivity contribution in [2.45, 2.75) is 22.6 Å². The standard InChI is InChI=1S/C38H58N14O10S2/c1-49(2)15-5-13-39-33-43-35(47-37(45-33)51(17-21-53)18-22-54)41-29-11-9-27(31(25-29)63-62-61-57)7-8-28-10-12-30(26-32(28)64(58,59)60)42-36-44-34(40-14-6-16-50(3)4)46-38(48-36)52(19-23-55)20-24-56/h7-12,25-26,53-57H,5-6,13-24H2,1-4H3,(H,58,59,60)(H2,39,41,43,45,47)(H2,40,42,44,46,48)/b8-7+. The van der Waals surface area contributed by atoms with Crippen LogP contribution in [0.25, 0.3) is 12.2 Å². The minimum atomic E-state index is -4.79. The van der Waals surface area contributed by atoms with Gasteiger partial charge in [-0.05, 0) is 89.5 Å². The van der Waals surface area contributed by atoms with E-state index in [1.165, 1.54) is 18.2 Å². The summed E-state index contributed by atoms with van der Waals surface area (Å²) in [5, 5.41) is 63.8. The average Bonchev–Trinajstić information content (AvgIpc) is 3.25. The van der Waals surface area contributed by atoms with Crippen LogP contribution < -0.4 is 31.1 Å². The van der Waals surface area contributed by atoms with E-state index in [1.807, 2.05) is 38.0 Å². The number of hydrogen-bond acceptors (Lipinski definition) is 24. The van der Waals surface area contributed by atoms with Crippen molar-refractivity contribution in [3.05, 3.63) is 47.5 Å². The van der Waals surface area contributed by atoms with Gasteiger partial charge in [-0.25, -0.2) is 5.26 Å². The molecule has 4 rings (SSSR count). The molecule has 0 spiro atoms. The summed E-state index contributed by atoms with van der Waals surface area (Å²) in [5.74, 6) is 1.01. The van der Waals surface area contributed by atoms with Crippen LogP contribution in [0, 0.1) is 0 Å². The van der Waals surface area contributed by atoms with Crippen molar-refractivity contribution in [3.63, 3.8) is 0 Å². The van der Waals surface area contributed by atoms with Crippen LogP contribution in [0.3, 0.4) is 0 Å². The zero-order chi connectivity index (χ0) is 46.5. The number of benzene rings is 2. The van der Waals surface area contributed by atoms with Gasteiger partial charge >= 0.3 is 0 Å². The fourth-order valence-corrected chi connectivity index (χ4v) is 7.09. The maximum absolute atomic E-state index is 12.8. The van der Waals surface area contributed by atoms with E-state index in [1.54, 1.807) is 40.1 Å². The number of nitrogens with one attached hydrogen (secondary N) is 4. The van der Waals surface area contributed by atoms with Crippen LogP contribution in [-0.2, 0) is 19.5 Å². The number of aliphatic hydroxyl groups excluding tert-OH is 4. The Morgan fingerprint density at radius 1 is 0.625 bits per heavy atom. The van der Waals surface area contributed by atoms with Crippen molar-refractivity contribution in [1.29, 1.82) is 0 Å². The smallest absolute Gasteiger partial charge is 0.295 e. The molecule has 352 valence electrons. The minimum Gasteiger partial charge on any atom is -0.395 e. The molecule has 0 radical (unpaired) electrons. The summed E-state index contributed by atoms with van der Waals surface area (Å²) in [6.45, 7) is 2.45. The monoisotopic (exact) mass is 934 g/mol. The molecule has 26 heteroatoms. The van der Waals surface area contributed by atoms with E-state index < -0.39 is 15.0 Å². The molecule has 0 atom stereocenters. The van der Waals surface area contributed by atoms with Crippen molar-refractivity contribution in [3.8, 4) is 0 Å². The van der Waals surface area contributed by atoms with E-state index in [0.717, 1.165) is 25.9 Å². The fourth-order valence-electron chi connectivity index (χ4n) is 5.86. The molecule has 2 heterocycles. The first kappa shape index (κ1) is 51.5. The lowest BCUT2D eigenvalue weighted by molar-refractivity contribution is -0.432. The van der Waals surface area contributed by atoms with Crippen LogP contribution in [0.4, 0.5) is 47.1 Å². The molecular weight excluding hydrogens is 877 g/mol. The molecule has 0 aliphatic rings. The van der Waals surface area contributed by atoms with Crippen molar-refractivity contribution in [2.24, 2.45) is 0 Å². The molecular formula is C38H58N14O10S2. The number of aromatic nitrogens is 6. The Morgan fingerprint density at radius 2 is 1.06 bits per heavy atom. The largest absolute Gasteiger partial charge is 0.395 e. The summed E-state index contributed by atoms with van der Waals surface area (Å²) >= 11 is 0.646. The SMILES string of the molecule is CN(C)CCCNc1nc(Nc2ccc(/C=C/c3ccc(Nc4nc(NCCCN(C)C)nc(N(CCO)CCO)n4)cc3S(=O)(=O)O)c(SOOO)c2)nc(N(CCO)CCO)n1. The third-order valence-corrected chi connectivity index (χ3v) is 10.4. The molecule has 0 saturated heterocycles. The van der Waals surface area contributed by atoms with Crippen molar-refractivity contribution >= 4 is 81.4 Å². The number of aliphatic hydroxyl groups is 4. The van der Waals surface area contributed by atoms with Gasteiger partial charge in [0.2, 0.25) is 35.7 Å². The van der Waals surface area contributed by atoms with E-state index in [4.69, 9.17) is 9.59 Å². The first-order valence-corrected chi connectivity index (χ1v) is 22.3. The highest BCUT2D eigenvalue weighted by molar-refractivity contribution is 7.94. The topological polar surface area (TPSA) is 312 Å². The van der Waals surface area contributed by atoms with E-state index in [9.17, 15) is 33.4 Å². The molecule has 4 aromatic rings. The Labute approximate surface area is 376 Å². The Hall–Kier alpha value is -5.10. The molecule has 10 N–H and O–H groups in total. The van der Waals surface area contributed by atoms with E-state index in [0.29, 0.717) is 41.3 Å². The summed E-state index contributed by atoms with van der Waals surface area (Å²) in [6.07, 6.45) is 4.60. The molecule has 0 aliphatic carbocycles. The summed E-state index contributed by atoms with van der Waals surface area (Å²) in [4.78, 5) is 34.1. The number of anilines is 8. The lowest BCUT2D eigenvalue weighted by atomic mass is 10.1. The van der Waals surface area contributed by atoms with Crippen LogP contribution >= 0.6 is 12.0 Å². The molecule has 0 bridgehead atoms. The minimum absolute atomic E-state index is 0.0283. The number of hydrogen-bond donors (Lipinski definition) is 10. The van der Waals surface area contributed by atoms with Gasteiger partial charge in [-0.3, -0.25) is 4.55 Å². The second-order valence-corrected chi connectivity index (χ2v) is 16.5. The molecule has 0 saturated carbocycles. The summed E-state index contributed by atoms with van der Waals surface area (Å²) in [5.41, 5.74) is 1.26. The Bertz CT molecular complexity index is 2180. The van der Waals surface area contributed by atoms with Gasteiger partial charge in [0.1, 0.15) is 4.90 Å². The molecule has 0 amide bonds. The third-order valence-electron chi connectivity index (χ3n) is 8.84. The summed E-state index contributed by atoms with van der Waals surface area (Å²) < 4.78 is 40.6. The van der Waals surface area contributed by atoms with Crippen LogP contribution in [-0.4, -0.2) is 185 Å². The highest BCUT2D eigenvalue weighted by Crippen LogP contribution is 2.31. The van der Waals surface area contributed by atoms with Crippen LogP contribution in [0.1, 0.15) is 24.0 Å². The predicted octanol–water partition coefficient (Wildman–Crippen LogP) is 1.70. The first-order valence-electron chi connectivity index (χ1n) is 20.1. The van der Waals surface area contributed by atoms with Gasteiger partial charge in [0.05, 0.1) is 38.5 Å². The van der Waals surface area contributed by atoms with Crippen molar-refractivity contribution < 1.29 is 48.0 Å². The van der Waals surface area contributed by atoms with Gasteiger partial charge in [-0.15, -0.1) is 4.33 Å². The van der Waals surface area contributed by atoms with Crippen LogP contribution in [0.5, 0.6) is 0 Å². The molecule has 64 heavy (non-hydrogen) atoms. The Morgan fingerprint density at radius 3 is 1.50 bits per heavy atom. The normalized spacial score (nSPS) is 11.8. The molecule has 0 fully saturated rings. The maximum atomic E-state index is 12.8. The van der Waals surface area contributed by atoms with Crippen LogP contribution in [0.2, 0.25) is 0 Å². The molecule has 2 aromatic carbocycles. The highest BCUT2D eigenvalue weighted by Gasteiger charge is 2.19. The molecule has 0 aliphatic heterocycles. The van der Waals surface area contributed by atoms with E-state index >= 15 is 0 Å². The second kappa shape index (κ2) is 26.6. The number of rotatable bonds is 30. The highest BCUT2D eigenvalue weighted by atomic mass is 32.2. The molecule has 0 unspecified atom stereocenters. The van der Waals surface area contributed by atoms with E-state index in [-0.39, 0.29) is 99.5 Å². The zero-order valence-electron chi connectivity index (χ0n) is 36.1. The first-order chi connectivity index (χ1) is 30.8. The summed E-state index contributed by atoms with van der Waals surface area (Å²) in [7, 11) is 3.06. The van der Waals surface area contributed by atoms with Gasteiger partial charge in [-0.1, -0.05) is 29.3 Å². The Kier molecular flexibility index (Phi) is 21.4. The van der Waals surface area contributed by atoms with Gasteiger partial charge in [-0.2, -0.15) is 38.3 Å². The second-order valence-electron chi connectivity index (χ2n) is 14.4.